The average molecular weight is 183 g/mol. The molecule has 0 aliphatic heterocycles. The Morgan fingerprint density at radius 1 is 1.54 bits per heavy atom. The highest BCUT2D eigenvalue weighted by atomic mass is 19.1. The van der Waals surface area contributed by atoms with Crippen LogP contribution < -0.4 is 5.32 Å². The summed E-state index contributed by atoms with van der Waals surface area (Å²) < 4.78 is 12.9. The Morgan fingerprint density at radius 2 is 2.23 bits per heavy atom. The second-order valence-electron chi connectivity index (χ2n) is 3.18. The van der Waals surface area contributed by atoms with Gasteiger partial charge in [-0.2, -0.15) is 0 Å². The Balaban J connectivity index is 2.73. The van der Waals surface area contributed by atoms with Gasteiger partial charge in [0.1, 0.15) is 0 Å². The highest BCUT2D eigenvalue weighted by molar-refractivity contribution is 5.28. The minimum Gasteiger partial charge on any atom is -0.505 e. The quantitative estimate of drug-likeness (QED) is 0.747. The smallest absolute Gasteiger partial charge is 0.165 e. The Labute approximate surface area is 77.4 Å². The Bertz CT molecular complexity index is 288. The standard InChI is InChI=1S/C10H14FNO/c1-7(12-2)5-8-3-4-10(13)9(11)6-8/h3-4,6-7,12-13H,5H2,1-2H3. The van der Waals surface area contributed by atoms with Crippen molar-refractivity contribution >= 4 is 0 Å². The van der Waals surface area contributed by atoms with Crippen LogP contribution in [0.2, 0.25) is 0 Å². The zero-order valence-corrected chi connectivity index (χ0v) is 7.84. The van der Waals surface area contributed by atoms with Gasteiger partial charge in [0.15, 0.2) is 11.6 Å². The van der Waals surface area contributed by atoms with E-state index in [1.54, 1.807) is 6.07 Å². The number of phenolic OH excluding ortho intramolecular Hbond substituents is 1. The molecule has 2 nitrogen and oxygen atoms in total. The lowest BCUT2D eigenvalue weighted by Crippen LogP contribution is -2.23. The third-order valence-electron chi connectivity index (χ3n) is 2.05. The molecule has 1 aromatic carbocycles. The molecule has 0 aliphatic carbocycles. The normalized spacial score (nSPS) is 12.8. The molecule has 1 rings (SSSR count). The topological polar surface area (TPSA) is 32.3 Å². The number of aromatic hydroxyl groups is 1. The first-order chi connectivity index (χ1) is 6.13. The van der Waals surface area contributed by atoms with Crippen LogP contribution in [-0.4, -0.2) is 18.2 Å². The molecular formula is C10H14FNO. The van der Waals surface area contributed by atoms with Gasteiger partial charge in [0.25, 0.3) is 0 Å². The van der Waals surface area contributed by atoms with Crippen molar-refractivity contribution in [3.63, 3.8) is 0 Å². The average Bonchev–Trinajstić information content (AvgIpc) is 2.11. The number of rotatable bonds is 3. The van der Waals surface area contributed by atoms with E-state index >= 15 is 0 Å². The number of hydrogen-bond acceptors (Lipinski definition) is 2. The summed E-state index contributed by atoms with van der Waals surface area (Å²) in [5, 5.41) is 12.0. The summed E-state index contributed by atoms with van der Waals surface area (Å²) >= 11 is 0. The Morgan fingerprint density at radius 3 is 2.77 bits per heavy atom. The maximum absolute atomic E-state index is 12.9. The second-order valence-corrected chi connectivity index (χ2v) is 3.18. The number of phenols is 1. The van der Waals surface area contributed by atoms with E-state index in [-0.39, 0.29) is 5.75 Å². The molecule has 0 bridgehead atoms. The molecule has 0 spiro atoms. The first-order valence-electron chi connectivity index (χ1n) is 4.28. The van der Waals surface area contributed by atoms with E-state index in [0.717, 1.165) is 12.0 Å². The highest BCUT2D eigenvalue weighted by Crippen LogP contribution is 2.16. The Hall–Kier alpha value is -1.09. The summed E-state index contributed by atoms with van der Waals surface area (Å²) in [5.41, 5.74) is 0.886. The molecular weight excluding hydrogens is 169 g/mol. The fourth-order valence-corrected chi connectivity index (χ4v) is 1.13. The zero-order valence-electron chi connectivity index (χ0n) is 7.84. The second kappa shape index (κ2) is 4.23. The molecule has 1 atom stereocenters. The zero-order chi connectivity index (χ0) is 9.84. The van der Waals surface area contributed by atoms with E-state index in [2.05, 4.69) is 5.32 Å². The van der Waals surface area contributed by atoms with Crippen LogP contribution in [0.4, 0.5) is 4.39 Å². The molecule has 1 aromatic rings. The van der Waals surface area contributed by atoms with Gasteiger partial charge in [-0.3, -0.25) is 0 Å². The molecule has 2 N–H and O–H groups in total. The van der Waals surface area contributed by atoms with E-state index in [1.807, 2.05) is 14.0 Å². The summed E-state index contributed by atoms with van der Waals surface area (Å²) in [6.45, 7) is 2.02. The molecule has 0 saturated carbocycles. The van der Waals surface area contributed by atoms with Crippen LogP contribution in [0.1, 0.15) is 12.5 Å². The van der Waals surface area contributed by atoms with Crippen molar-refractivity contribution in [3.8, 4) is 5.75 Å². The predicted octanol–water partition coefficient (Wildman–Crippen LogP) is 1.68. The van der Waals surface area contributed by atoms with Gasteiger partial charge in [-0.15, -0.1) is 0 Å². The molecule has 0 aromatic heterocycles. The molecule has 72 valence electrons. The fourth-order valence-electron chi connectivity index (χ4n) is 1.13. The number of hydrogen-bond donors (Lipinski definition) is 2. The lowest BCUT2D eigenvalue weighted by molar-refractivity contribution is 0.431. The molecule has 0 heterocycles. The summed E-state index contributed by atoms with van der Waals surface area (Å²) in [7, 11) is 1.86. The third kappa shape index (κ3) is 2.70. The molecule has 13 heavy (non-hydrogen) atoms. The van der Waals surface area contributed by atoms with E-state index < -0.39 is 5.82 Å². The summed E-state index contributed by atoms with van der Waals surface area (Å²) in [5.74, 6) is -0.846. The van der Waals surface area contributed by atoms with Crippen molar-refractivity contribution in [1.82, 2.24) is 5.32 Å². The van der Waals surface area contributed by atoms with Crippen molar-refractivity contribution in [2.75, 3.05) is 7.05 Å². The Kier molecular flexibility index (Phi) is 3.25. The van der Waals surface area contributed by atoms with Gasteiger partial charge >= 0.3 is 0 Å². The van der Waals surface area contributed by atoms with Gasteiger partial charge < -0.3 is 10.4 Å². The van der Waals surface area contributed by atoms with Gasteiger partial charge in [0.05, 0.1) is 0 Å². The maximum atomic E-state index is 12.9. The third-order valence-corrected chi connectivity index (χ3v) is 2.05. The predicted molar refractivity (Wildman–Crippen MR) is 50.3 cm³/mol. The van der Waals surface area contributed by atoms with Crippen molar-refractivity contribution in [2.45, 2.75) is 19.4 Å². The lowest BCUT2D eigenvalue weighted by atomic mass is 10.1. The number of benzene rings is 1. The van der Waals surface area contributed by atoms with Crippen LogP contribution in [0.25, 0.3) is 0 Å². The van der Waals surface area contributed by atoms with Gasteiger partial charge in [0, 0.05) is 6.04 Å². The maximum Gasteiger partial charge on any atom is 0.165 e. The van der Waals surface area contributed by atoms with Crippen LogP contribution in [0.15, 0.2) is 18.2 Å². The van der Waals surface area contributed by atoms with Gasteiger partial charge in [-0.05, 0) is 38.1 Å². The highest BCUT2D eigenvalue weighted by Gasteiger charge is 2.04. The first kappa shape index (κ1) is 9.99. The monoisotopic (exact) mass is 183 g/mol. The number of nitrogens with one attached hydrogen (secondary N) is 1. The SMILES string of the molecule is CNC(C)Cc1ccc(O)c(F)c1. The van der Waals surface area contributed by atoms with E-state index in [9.17, 15) is 4.39 Å². The van der Waals surface area contributed by atoms with Crippen molar-refractivity contribution in [3.05, 3.63) is 29.6 Å². The molecule has 0 radical (unpaired) electrons. The van der Waals surface area contributed by atoms with Crippen molar-refractivity contribution < 1.29 is 9.50 Å². The lowest BCUT2D eigenvalue weighted by Gasteiger charge is -2.09. The fraction of sp³-hybridized carbons (Fsp3) is 0.400. The molecule has 0 fully saturated rings. The van der Waals surface area contributed by atoms with E-state index in [1.165, 1.54) is 12.1 Å². The molecule has 1 unspecified atom stereocenters. The first-order valence-corrected chi connectivity index (χ1v) is 4.28. The summed E-state index contributed by atoms with van der Waals surface area (Å²) in [6.07, 6.45) is 0.758. The van der Waals surface area contributed by atoms with Gasteiger partial charge in [0.2, 0.25) is 0 Å². The minimum atomic E-state index is -0.555. The van der Waals surface area contributed by atoms with Crippen LogP contribution in [0.3, 0.4) is 0 Å². The van der Waals surface area contributed by atoms with Crippen molar-refractivity contribution in [1.29, 1.82) is 0 Å². The van der Waals surface area contributed by atoms with Crippen LogP contribution in [0.5, 0.6) is 5.75 Å². The van der Waals surface area contributed by atoms with Crippen LogP contribution >= 0.6 is 0 Å². The van der Waals surface area contributed by atoms with Gasteiger partial charge in [-0.25, -0.2) is 4.39 Å². The molecule has 0 amide bonds. The van der Waals surface area contributed by atoms with Gasteiger partial charge in [-0.1, -0.05) is 6.07 Å². The van der Waals surface area contributed by atoms with Crippen LogP contribution in [-0.2, 0) is 6.42 Å². The van der Waals surface area contributed by atoms with Crippen LogP contribution in [0, 0.1) is 5.82 Å². The number of halogens is 1. The molecule has 0 aliphatic rings. The summed E-state index contributed by atoms with van der Waals surface area (Å²) in [6, 6.07) is 4.78. The number of likely N-dealkylation sites (N-methyl/N-ethyl adjacent to an activating group) is 1. The largest absolute Gasteiger partial charge is 0.505 e. The van der Waals surface area contributed by atoms with Crippen molar-refractivity contribution in [2.24, 2.45) is 0 Å². The van der Waals surface area contributed by atoms with E-state index in [4.69, 9.17) is 5.11 Å². The van der Waals surface area contributed by atoms with E-state index in [0.29, 0.717) is 6.04 Å². The molecule has 3 heteroatoms. The molecule has 0 saturated heterocycles. The summed E-state index contributed by atoms with van der Waals surface area (Å²) in [4.78, 5) is 0. The minimum absolute atomic E-state index is 0.291.